The number of aliphatic hydroxyl groups is 1. The van der Waals surface area contributed by atoms with E-state index in [1.54, 1.807) is 4.90 Å². The summed E-state index contributed by atoms with van der Waals surface area (Å²) in [5, 5.41) is 9.44. The zero-order chi connectivity index (χ0) is 10.1. The van der Waals surface area contributed by atoms with E-state index in [-0.39, 0.29) is 6.04 Å². The van der Waals surface area contributed by atoms with Crippen molar-refractivity contribution in [2.75, 3.05) is 6.54 Å². The summed E-state index contributed by atoms with van der Waals surface area (Å²) in [6, 6.07) is -0.206. The number of nitrogens with zero attached hydrogens (tertiary/aromatic N) is 1. The molecule has 0 spiro atoms. The van der Waals surface area contributed by atoms with Gasteiger partial charge in [-0.2, -0.15) is 0 Å². The molecule has 0 bridgehead atoms. The summed E-state index contributed by atoms with van der Waals surface area (Å²) in [4.78, 5) is 12.9. The number of carbonyl (C=O) groups excluding carboxylic acids is 1. The van der Waals surface area contributed by atoms with Crippen LogP contribution in [-0.4, -0.2) is 40.9 Å². The van der Waals surface area contributed by atoms with Crippen molar-refractivity contribution in [3.63, 3.8) is 0 Å². The van der Waals surface area contributed by atoms with Gasteiger partial charge < -0.3 is 9.84 Å². The Morgan fingerprint density at radius 2 is 2.57 bits per heavy atom. The monoisotopic (exact) mass is 193 g/mol. The molecule has 4 nitrogen and oxygen atoms in total. The molecule has 1 amide bonds. The number of hydrogen-bond acceptors (Lipinski definition) is 3. The van der Waals surface area contributed by atoms with Crippen LogP contribution < -0.4 is 0 Å². The Balaban J connectivity index is 2.22. The maximum Gasteiger partial charge on any atom is 0.410 e. The van der Waals surface area contributed by atoms with Crippen LogP contribution in [0.25, 0.3) is 0 Å². The molecule has 2 heterocycles. The molecule has 1 N–H and O–H groups in total. The Morgan fingerprint density at radius 1 is 1.79 bits per heavy atom. The molecule has 2 aliphatic rings. The molecule has 0 saturated carbocycles. The molecule has 1 saturated heterocycles. The topological polar surface area (TPSA) is 49.8 Å². The van der Waals surface area contributed by atoms with Crippen LogP contribution in [0.3, 0.4) is 0 Å². The first-order chi connectivity index (χ1) is 6.74. The quantitative estimate of drug-likeness (QED) is 0.475. The maximum atomic E-state index is 11.3. The van der Waals surface area contributed by atoms with Gasteiger partial charge in [0.25, 0.3) is 0 Å². The van der Waals surface area contributed by atoms with E-state index in [1.807, 2.05) is 12.2 Å². The molecule has 0 aliphatic carbocycles. The van der Waals surface area contributed by atoms with Crippen molar-refractivity contribution in [3.8, 4) is 12.3 Å². The third-order valence-corrected chi connectivity index (χ3v) is 2.52. The van der Waals surface area contributed by atoms with Gasteiger partial charge in [0.05, 0.1) is 6.04 Å². The average Bonchev–Trinajstić information content (AvgIpc) is 2.56. The van der Waals surface area contributed by atoms with E-state index in [2.05, 4.69) is 5.92 Å². The Bertz CT molecular complexity index is 318. The Hall–Kier alpha value is -1.47. The van der Waals surface area contributed by atoms with Crippen molar-refractivity contribution in [2.24, 2.45) is 0 Å². The molecular formula is C10H11NO3. The van der Waals surface area contributed by atoms with Crippen LogP contribution in [-0.2, 0) is 4.74 Å². The molecule has 2 rings (SSSR count). The summed E-state index contributed by atoms with van der Waals surface area (Å²) >= 11 is 0. The number of hydrogen-bond donors (Lipinski definition) is 1. The number of amides is 1. The molecular weight excluding hydrogens is 182 g/mol. The van der Waals surface area contributed by atoms with Crippen molar-refractivity contribution >= 4 is 6.09 Å². The largest absolute Gasteiger partial charge is 0.440 e. The fraction of sp³-hybridized carbons (Fsp3) is 0.500. The minimum absolute atomic E-state index is 0.206. The van der Waals surface area contributed by atoms with Crippen LogP contribution in [0.5, 0.6) is 0 Å². The van der Waals surface area contributed by atoms with Gasteiger partial charge in [0, 0.05) is 6.54 Å². The van der Waals surface area contributed by atoms with E-state index in [9.17, 15) is 9.90 Å². The van der Waals surface area contributed by atoms with Gasteiger partial charge in [-0.3, -0.25) is 4.90 Å². The summed E-state index contributed by atoms with van der Waals surface area (Å²) in [6.07, 6.45) is 7.70. The minimum Gasteiger partial charge on any atom is -0.440 e. The van der Waals surface area contributed by atoms with Gasteiger partial charge in [0.2, 0.25) is 0 Å². The predicted octanol–water partition coefficient (Wildman–Crippen LogP) is 0.130. The van der Waals surface area contributed by atoms with Crippen molar-refractivity contribution in [3.05, 3.63) is 12.2 Å². The molecule has 14 heavy (non-hydrogen) atoms. The van der Waals surface area contributed by atoms with Gasteiger partial charge in [-0.15, -0.1) is 6.42 Å². The highest BCUT2D eigenvalue weighted by atomic mass is 16.6. The van der Waals surface area contributed by atoms with E-state index in [0.29, 0.717) is 6.54 Å². The molecule has 0 radical (unpaired) electrons. The van der Waals surface area contributed by atoms with Gasteiger partial charge in [0.15, 0.2) is 12.2 Å². The molecule has 0 aromatic rings. The van der Waals surface area contributed by atoms with Crippen molar-refractivity contribution in [1.29, 1.82) is 0 Å². The van der Waals surface area contributed by atoms with Crippen LogP contribution >= 0.6 is 0 Å². The van der Waals surface area contributed by atoms with Gasteiger partial charge >= 0.3 is 6.09 Å². The molecule has 0 aromatic carbocycles. The lowest BCUT2D eigenvalue weighted by Crippen LogP contribution is -2.41. The summed E-state index contributed by atoms with van der Waals surface area (Å²) < 4.78 is 5.00. The SMILES string of the molecule is C#CC(O)[C@H]1OC(=O)N2CCC=C[C@@H]12. The molecule has 2 aliphatic heterocycles. The molecule has 0 aromatic heterocycles. The first-order valence-corrected chi connectivity index (χ1v) is 4.52. The second kappa shape index (κ2) is 3.35. The summed E-state index contributed by atoms with van der Waals surface area (Å²) in [5.74, 6) is 2.18. The second-order valence-electron chi connectivity index (χ2n) is 3.36. The fourth-order valence-electron chi connectivity index (χ4n) is 1.80. The first-order valence-electron chi connectivity index (χ1n) is 4.52. The molecule has 74 valence electrons. The summed E-state index contributed by atoms with van der Waals surface area (Å²) in [6.45, 7) is 0.633. The zero-order valence-electron chi connectivity index (χ0n) is 7.59. The first kappa shape index (κ1) is 9.10. The Kier molecular flexibility index (Phi) is 2.18. The van der Waals surface area contributed by atoms with Crippen LogP contribution in [0, 0.1) is 12.3 Å². The Morgan fingerprint density at radius 3 is 3.29 bits per heavy atom. The smallest absolute Gasteiger partial charge is 0.410 e. The van der Waals surface area contributed by atoms with Gasteiger partial charge in [-0.1, -0.05) is 18.1 Å². The molecule has 3 atom stereocenters. The number of fused-ring (bicyclic) bond motifs is 1. The average molecular weight is 193 g/mol. The van der Waals surface area contributed by atoms with E-state index in [1.165, 1.54) is 0 Å². The predicted molar refractivity (Wildman–Crippen MR) is 49.4 cm³/mol. The highest BCUT2D eigenvalue weighted by Crippen LogP contribution is 2.25. The number of rotatable bonds is 1. The van der Waals surface area contributed by atoms with E-state index < -0.39 is 18.3 Å². The lowest BCUT2D eigenvalue weighted by atomic mass is 10.0. The summed E-state index contributed by atoms with van der Waals surface area (Å²) in [7, 11) is 0. The fourth-order valence-corrected chi connectivity index (χ4v) is 1.80. The lowest BCUT2D eigenvalue weighted by Gasteiger charge is -2.25. The lowest BCUT2D eigenvalue weighted by molar-refractivity contribution is 0.0555. The van der Waals surface area contributed by atoms with Crippen LogP contribution in [0.15, 0.2) is 12.2 Å². The van der Waals surface area contributed by atoms with Crippen molar-refractivity contribution in [2.45, 2.75) is 24.7 Å². The van der Waals surface area contributed by atoms with Gasteiger partial charge in [-0.25, -0.2) is 4.79 Å². The maximum absolute atomic E-state index is 11.3. The van der Waals surface area contributed by atoms with E-state index in [0.717, 1.165) is 6.42 Å². The van der Waals surface area contributed by atoms with Crippen LogP contribution in [0.1, 0.15) is 6.42 Å². The third-order valence-electron chi connectivity index (χ3n) is 2.52. The minimum atomic E-state index is -1.03. The van der Waals surface area contributed by atoms with Crippen molar-refractivity contribution < 1.29 is 14.6 Å². The van der Waals surface area contributed by atoms with Crippen LogP contribution in [0.4, 0.5) is 4.79 Å². The highest BCUT2D eigenvalue weighted by molar-refractivity contribution is 5.71. The number of cyclic esters (lactones) is 1. The third kappa shape index (κ3) is 1.26. The summed E-state index contributed by atoms with van der Waals surface area (Å²) in [5.41, 5.74) is 0. The van der Waals surface area contributed by atoms with E-state index >= 15 is 0 Å². The number of carbonyl (C=O) groups is 1. The number of ether oxygens (including phenoxy) is 1. The number of terminal acetylenes is 1. The van der Waals surface area contributed by atoms with Crippen LogP contribution in [0.2, 0.25) is 0 Å². The van der Waals surface area contributed by atoms with E-state index in [4.69, 9.17) is 11.2 Å². The zero-order valence-corrected chi connectivity index (χ0v) is 7.59. The molecule has 1 unspecified atom stereocenters. The standard InChI is InChI=1S/C10H11NO3/c1-2-8(12)9-7-5-3-4-6-11(7)10(13)14-9/h1,3,5,7-9,12H,4,6H2/t7-,8?,9-/m0/s1. The second-order valence-corrected chi connectivity index (χ2v) is 3.36. The Labute approximate surface area is 82.2 Å². The van der Waals surface area contributed by atoms with Crippen molar-refractivity contribution in [1.82, 2.24) is 4.90 Å². The van der Waals surface area contributed by atoms with Gasteiger partial charge in [-0.05, 0) is 6.42 Å². The normalized spacial score (nSPS) is 32.0. The molecule has 4 heteroatoms. The number of aliphatic hydroxyl groups excluding tert-OH is 1. The van der Waals surface area contributed by atoms with Gasteiger partial charge in [0.1, 0.15) is 0 Å². The highest BCUT2D eigenvalue weighted by Gasteiger charge is 2.44. The molecule has 1 fully saturated rings.